The van der Waals surface area contributed by atoms with Gasteiger partial charge < -0.3 is 19.3 Å². The van der Waals surface area contributed by atoms with E-state index in [1.807, 2.05) is 43.0 Å². The van der Waals surface area contributed by atoms with E-state index in [0.717, 1.165) is 38.4 Å². The van der Waals surface area contributed by atoms with Gasteiger partial charge in [0.25, 0.3) is 5.91 Å². The van der Waals surface area contributed by atoms with E-state index in [0.29, 0.717) is 18.0 Å². The number of piperidine rings is 1. The minimum Gasteiger partial charge on any atom is -0.491 e. The van der Waals surface area contributed by atoms with Crippen molar-refractivity contribution in [1.29, 1.82) is 0 Å². The molecule has 3 rings (SSSR count). The molecule has 0 spiro atoms. The molecule has 2 heterocycles. The molecule has 2 fully saturated rings. The fraction of sp³-hybridized carbons (Fsp3) is 0.632. The van der Waals surface area contributed by atoms with Gasteiger partial charge in [0.2, 0.25) is 0 Å². The van der Waals surface area contributed by atoms with E-state index in [9.17, 15) is 4.79 Å². The number of ether oxygens (including phenoxy) is 2. The van der Waals surface area contributed by atoms with Crippen LogP contribution >= 0.6 is 0 Å². The van der Waals surface area contributed by atoms with E-state index in [1.54, 1.807) is 0 Å². The molecule has 5 heteroatoms. The van der Waals surface area contributed by atoms with Crippen LogP contribution in [-0.4, -0.2) is 67.7 Å². The number of rotatable bonds is 3. The van der Waals surface area contributed by atoms with Crippen molar-refractivity contribution in [2.45, 2.75) is 32.5 Å². The highest BCUT2D eigenvalue weighted by Crippen LogP contribution is 2.25. The smallest absolute Gasteiger partial charge is 0.254 e. The highest BCUT2D eigenvalue weighted by Gasteiger charge is 2.34. The number of fused-ring (bicyclic) bond motifs is 1. The number of nitrogens with zero attached hydrogens (tertiary/aromatic N) is 2. The summed E-state index contributed by atoms with van der Waals surface area (Å²) < 4.78 is 11.7. The van der Waals surface area contributed by atoms with E-state index in [4.69, 9.17) is 9.47 Å². The zero-order valence-corrected chi connectivity index (χ0v) is 14.9. The van der Waals surface area contributed by atoms with Crippen LogP contribution in [0.4, 0.5) is 0 Å². The number of likely N-dealkylation sites (N-methyl/N-ethyl adjacent to an activating group) is 1. The number of amides is 1. The Morgan fingerprint density at radius 3 is 2.92 bits per heavy atom. The summed E-state index contributed by atoms with van der Waals surface area (Å²) in [7, 11) is 2.14. The molecule has 0 radical (unpaired) electrons. The van der Waals surface area contributed by atoms with Crippen molar-refractivity contribution >= 4 is 5.91 Å². The van der Waals surface area contributed by atoms with Crippen molar-refractivity contribution in [2.24, 2.45) is 5.92 Å². The number of benzene rings is 1. The van der Waals surface area contributed by atoms with Gasteiger partial charge in [-0.2, -0.15) is 0 Å². The third-order valence-corrected chi connectivity index (χ3v) is 4.79. The second-order valence-electron chi connectivity index (χ2n) is 7.17. The maximum Gasteiger partial charge on any atom is 0.254 e. The second kappa shape index (κ2) is 7.53. The molecule has 24 heavy (non-hydrogen) atoms. The van der Waals surface area contributed by atoms with Crippen LogP contribution in [0.15, 0.2) is 24.3 Å². The first-order chi connectivity index (χ1) is 11.5. The first kappa shape index (κ1) is 17.2. The molecule has 2 aliphatic heterocycles. The Hall–Kier alpha value is -1.59. The topological polar surface area (TPSA) is 42.0 Å². The summed E-state index contributed by atoms with van der Waals surface area (Å²) in [5.74, 6) is 1.35. The Morgan fingerprint density at radius 2 is 2.12 bits per heavy atom. The highest BCUT2D eigenvalue weighted by molar-refractivity contribution is 5.94. The van der Waals surface area contributed by atoms with Crippen molar-refractivity contribution in [3.05, 3.63) is 29.8 Å². The molecule has 0 aromatic heterocycles. The van der Waals surface area contributed by atoms with Crippen molar-refractivity contribution < 1.29 is 14.3 Å². The van der Waals surface area contributed by atoms with E-state index in [2.05, 4.69) is 11.9 Å². The third-order valence-electron chi connectivity index (χ3n) is 4.79. The fourth-order valence-electron chi connectivity index (χ4n) is 3.56. The molecule has 2 atom stereocenters. The van der Waals surface area contributed by atoms with Gasteiger partial charge in [-0.3, -0.25) is 4.79 Å². The number of carbonyl (C=O) groups is 1. The predicted octanol–water partition coefficient (Wildman–Crippen LogP) is 2.27. The van der Waals surface area contributed by atoms with Gasteiger partial charge in [0, 0.05) is 37.7 Å². The largest absolute Gasteiger partial charge is 0.491 e. The fourth-order valence-corrected chi connectivity index (χ4v) is 3.56. The zero-order chi connectivity index (χ0) is 17.1. The van der Waals surface area contributed by atoms with Crippen LogP contribution in [0.2, 0.25) is 0 Å². The Bertz CT molecular complexity index is 575. The van der Waals surface area contributed by atoms with Gasteiger partial charge >= 0.3 is 0 Å². The minimum absolute atomic E-state index is 0.0730. The molecule has 2 saturated heterocycles. The van der Waals surface area contributed by atoms with Gasteiger partial charge in [-0.15, -0.1) is 0 Å². The molecule has 5 nitrogen and oxygen atoms in total. The first-order valence-corrected chi connectivity index (χ1v) is 8.89. The second-order valence-corrected chi connectivity index (χ2v) is 7.17. The van der Waals surface area contributed by atoms with E-state index in [1.165, 1.54) is 0 Å². The number of hydrogen-bond acceptors (Lipinski definition) is 4. The van der Waals surface area contributed by atoms with Crippen LogP contribution in [0.5, 0.6) is 5.75 Å². The van der Waals surface area contributed by atoms with Gasteiger partial charge in [-0.05, 0) is 45.5 Å². The van der Waals surface area contributed by atoms with Crippen LogP contribution < -0.4 is 4.74 Å². The van der Waals surface area contributed by atoms with E-state index >= 15 is 0 Å². The van der Waals surface area contributed by atoms with Crippen LogP contribution in [-0.2, 0) is 4.74 Å². The van der Waals surface area contributed by atoms with Gasteiger partial charge in [-0.25, -0.2) is 0 Å². The highest BCUT2D eigenvalue weighted by atomic mass is 16.5. The zero-order valence-electron chi connectivity index (χ0n) is 14.9. The monoisotopic (exact) mass is 332 g/mol. The summed E-state index contributed by atoms with van der Waals surface area (Å²) in [5.41, 5.74) is 0.692. The molecule has 0 aliphatic carbocycles. The number of carbonyl (C=O) groups excluding carboxylic acids is 1. The first-order valence-electron chi connectivity index (χ1n) is 8.89. The molecule has 2 unspecified atom stereocenters. The Balaban J connectivity index is 1.67. The standard InChI is InChI=1S/C19H28N2O3/c1-14(2)24-17-6-4-5-15(11-17)19(22)21-8-7-16-12-20(3)9-10-23-18(16)13-21/h4-6,11,14,16,18H,7-10,12-13H2,1-3H3. The van der Waals surface area contributed by atoms with Crippen molar-refractivity contribution in [2.75, 3.05) is 39.8 Å². The lowest BCUT2D eigenvalue weighted by atomic mass is 9.93. The van der Waals surface area contributed by atoms with Crippen molar-refractivity contribution in [3.63, 3.8) is 0 Å². The number of hydrogen-bond donors (Lipinski definition) is 0. The van der Waals surface area contributed by atoms with Gasteiger partial charge in [0.1, 0.15) is 5.75 Å². The molecule has 0 bridgehead atoms. The Labute approximate surface area is 144 Å². The Kier molecular flexibility index (Phi) is 5.41. The third kappa shape index (κ3) is 4.08. The van der Waals surface area contributed by atoms with E-state index in [-0.39, 0.29) is 18.1 Å². The molecule has 132 valence electrons. The molecule has 2 aliphatic rings. The summed E-state index contributed by atoms with van der Waals surface area (Å²) in [5, 5.41) is 0. The molecular formula is C19H28N2O3. The SMILES string of the molecule is CC(C)Oc1cccc(C(=O)N2CCC3CN(C)CCOC3C2)c1. The maximum absolute atomic E-state index is 12.9. The molecule has 1 aromatic rings. The average molecular weight is 332 g/mol. The van der Waals surface area contributed by atoms with Crippen LogP contribution in [0.3, 0.4) is 0 Å². The lowest BCUT2D eigenvalue weighted by Crippen LogP contribution is -2.48. The summed E-state index contributed by atoms with van der Waals surface area (Å²) in [4.78, 5) is 17.1. The molecular weight excluding hydrogens is 304 g/mol. The molecule has 0 N–H and O–H groups in total. The minimum atomic E-state index is 0.0730. The van der Waals surface area contributed by atoms with Gasteiger partial charge in [0.15, 0.2) is 0 Å². The van der Waals surface area contributed by atoms with Crippen LogP contribution in [0.25, 0.3) is 0 Å². The van der Waals surface area contributed by atoms with Gasteiger partial charge in [-0.1, -0.05) is 6.07 Å². The molecule has 0 saturated carbocycles. The lowest BCUT2D eigenvalue weighted by molar-refractivity contribution is -0.0170. The van der Waals surface area contributed by atoms with Crippen LogP contribution in [0, 0.1) is 5.92 Å². The van der Waals surface area contributed by atoms with Crippen LogP contribution in [0.1, 0.15) is 30.6 Å². The van der Waals surface area contributed by atoms with Crippen molar-refractivity contribution in [1.82, 2.24) is 9.80 Å². The lowest BCUT2D eigenvalue weighted by Gasteiger charge is -2.37. The van der Waals surface area contributed by atoms with Crippen molar-refractivity contribution in [3.8, 4) is 5.75 Å². The predicted molar refractivity (Wildman–Crippen MR) is 93.5 cm³/mol. The quantitative estimate of drug-likeness (QED) is 0.851. The molecule has 1 amide bonds. The average Bonchev–Trinajstić information content (AvgIpc) is 2.73. The molecule has 1 aromatic carbocycles. The summed E-state index contributed by atoms with van der Waals surface area (Å²) >= 11 is 0. The summed E-state index contributed by atoms with van der Waals surface area (Å²) in [6.07, 6.45) is 1.26. The maximum atomic E-state index is 12.9. The number of likely N-dealkylation sites (tertiary alicyclic amines) is 1. The Morgan fingerprint density at radius 1 is 1.29 bits per heavy atom. The summed E-state index contributed by atoms with van der Waals surface area (Å²) in [6.45, 7) is 8.23. The van der Waals surface area contributed by atoms with Gasteiger partial charge in [0.05, 0.1) is 18.8 Å². The van der Waals surface area contributed by atoms with E-state index < -0.39 is 0 Å². The normalized spacial score (nSPS) is 25.2. The summed E-state index contributed by atoms with van der Waals surface area (Å²) in [6, 6.07) is 7.49.